The molecular formula is C42H47N3O3S. The summed E-state index contributed by atoms with van der Waals surface area (Å²) in [5.74, 6) is -0.552. The van der Waals surface area contributed by atoms with E-state index >= 15 is 0 Å². The zero-order valence-corrected chi connectivity index (χ0v) is 29.6. The molecule has 49 heavy (non-hydrogen) atoms. The smallest absolute Gasteiger partial charge is 0.303 e. The predicted molar refractivity (Wildman–Crippen MR) is 202 cm³/mol. The third-order valence-corrected chi connectivity index (χ3v) is 10.5. The first-order chi connectivity index (χ1) is 23.7. The molecule has 6 nitrogen and oxygen atoms in total. The van der Waals surface area contributed by atoms with Crippen LogP contribution < -0.4 is 15.4 Å². The second kappa shape index (κ2) is 17.3. The Hall–Kier alpha value is -4.43. The van der Waals surface area contributed by atoms with Crippen LogP contribution in [0.25, 0.3) is 5.57 Å². The minimum Gasteiger partial charge on any atom is -0.481 e. The second-order valence-electron chi connectivity index (χ2n) is 12.8. The average Bonchev–Trinajstić information content (AvgIpc) is 3.31. The third-order valence-electron chi connectivity index (χ3n) is 9.60. The van der Waals surface area contributed by atoms with Crippen molar-refractivity contribution >= 4 is 35.1 Å². The van der Waals surface area contributed by atoms with Gasteiger partial charge in [-0.3, -0.25) is 14.3 Å². The minimum atomic E-state index is -0.836. The Morgan fingerprint density at radius 3 is 1.94 bits per heavy atom. The fraction of sp³-hybridized carbons (Fsp3) is 0.286. The third kappa shape index (κ3) is 9.38. The Labute approximate surface area is 295 Å². The lowest BCUT2D eigenvalue weighted by atomic mass is 9.88. The standard InChI is InChI=1S/C42H47N3O3S/c1-28-29(2)31(4)40(30(28)3)37-20-12-11-19-34(37)27-43-41(32-15-7-5-8-16-32)42(33-17-9-6-10-18-33)45-49-36-25-23-35(24-26-36)44-38(46)21-13-14-22-39(47)48/h5-12,15-20,23-26,30,41-43,45H,13-14,21-22,27H2,1-4H3,(H,44,46)(H,47,48). The van der Waals surface area contributed by atoms with Gasteiger partial charge in [-0.1, -0.05) is 97.4 Å². The summed E-state index contributed by atoms with van der Waals surface area (Å²) < 4.78 is 3.79. The van der Waals surface area contributed by atoms with Crippen LogP contribution >= 0.6 is 11.9 Å². The lowest BCUT2D eigenvalue weighted by Gasteiger charge is -2.30. The van der Waals surface area contributed by atoms with E-state index in [0.29, 0.717) is 31.7 Å². The summed E-state index contributed by atoms with van der Waals surface area (Å²) >= 11 is 1.57. The molecule has 0 radical (unpaired) electrons. The number of carbonyl (C=O) groups is 2. The molecule has 1 aliphatic rings. The molecule has 0 aliphatic heterocycles. The van der Waals surface area contributed by atoms with Gasteiger partial charge in [-0.25, -0.2) is 0 Å². The van der Waals surface area contributed by atoms with E-state index in [1.54, 1.807) is 11.9 Å². The van der Waals surface area contributed by atoms with Gasteiger partial charge in [-0.2, -0.15) is 0 Å². The number of aliphatic carboxylic acids is 1. The largest absolute Gasteiger partial charge is 0.481 e. The van der Waals surface area contributed by atoms with E-state index in [1.807, 2.05) is 30.3 Å². The molecule has 5 rings (SSSR count). The summed E-state index contributed by atoms with van der Waals surface area (Å²) in [4.78, 5) is 24.1. The van der Waals surface area contributed by atoms with Crippen molar-refractivity contribution in [2.45, 2.75) is 76.9 Å². The van der Waals surface area contributed by atoms with Crippen molar-refractivity contribution in [3.8, 4) is 0 Å². The van der Waals surface area contributed by atoms with E-state index in [-0.39, 0.29) is 24.4 Å². The number of benzene rings is 4. The lowest BCUT2D eigenvalue weighted by molar-refractivity contribution is -0.137. The molecule has 0 heterocycles. The molecule has 7 heteroatoms. The summed E-state index contributed by atoms with van der Waals surface area (Å²) in [6.07, 6.45) is 1.42. The van der Waals surface area contributed by atoms with Gasteiger partial charge < -0.3 is 15.7 Å². The Balaban J connectivity index is 1.34. The maximum Gasteiger partial charge on any atom is 0.303 e. The van der Waals surface area contributed by atoms with Crippen molar-refractivity contribution in [2.24, 2.45) is 5.92 Å². The monoisotopic (exact) mass is 673 g/mol. The highest BCUT2D eigenvalue weighted by molar-refractivity contribution is 7.97. The van der Waals surface area contributed by atoms with Crippen LogP contribution in [0.4, 0.5) is 5.69 Å². The van der Waals surface area contributed by atoms with Gasteiger partial charge >= 0.3 is 5.97 Å². The molecule has 4 aromatic carbocycles. The summed E-state index contributed by atoms with van der Waals surface area (Å²) in [6, 6.07) is 37.7. The zero-order valence-electron chi connectivity index (χ0n) is 28.8. The first-order valence-corrected chi connectivity index (χ1v) is 17.9. The highest BCUT2D eigenvalue weighted by Gasteiger charge is 2.28. The molecule has 0 saturated carbocycles. The molecule has 0 saturated heterocycles. The number of hydrogen-bond acceptors (Lipinski definition) is 5. The predicted octanol–water partition coefficient (Wildman–Crippen LogP) is 9.90. The number of hydrogen-bond donors (Lipinski definition) is 4. The second-order valence-corrected chi connectivity index (χ2v) is 13.7. The molecule has 0 bridgehead atoms. The highest BCUT2D eigenvalue weighted by atomic mass is 32.2. The molecule has 1 amide bonds. The van der Waals surface area contributed by atoms with E-state index in [1.165, 1.54) is 44.5 Å². The first-order valence-electron chi connectivity index (χ1n) is 17.1. The number of allylic oxidation sites excluding steroid dienone is 4. The van der Waals surface area contributed by atoms with Gasteiger partial charge in [0.05, 0.1) is 12.1 Å². The van der Waals surface area contributed by atoms with E-state index in [0.717, 1.165) is 10.6 Å². The van der Waals surface area contributed by atoms with Gasteiger partial charge in [-0.15, -0.1) is 0 Å². The molecule has 1 aliphatic carbocycles. The number of anilines is 1. The first kappa shape index (κ1) is 35.9. The van der Waals surface area contributed by atoms with E-state index in [4.69, 9.17) is 5.11 Å². The molecule has 254 valence electrons. The molecule has 4 N–H and O–H groups in total. The van der Waals surface area contributed by atoms with Crippen LogP contribution in [0.15, 0.2) is 131 Å². The van der Waals surface area contributed by atoms with E-state index in [9.17, 15) is 9.59 Å². The van der Waals surface area contributed by atoms with Crippen LogP contribution in [0.5, 0.6) is 0 Å². The zero-order chi connectivity index (χ0) is 34.8. The number of unbranched alkanes of at least 4 members (excludes halogenated alkanes) is 1. The molecule has 3 atom stereocenters. The van der Waals surface area contributed by atoms with Crippen molar-refractivity contribution in [3.63, 3.8) is 0 Å². The van der Waals surface area contributed by atoms with Crippen molar-refractivity contribution in [2.75, 3.05) is 5.32 Å². The fourth-order valence-corrected chi connectivity index (χ4v) is 7.36. The maximum absolute atomic E-state index is 12.4. The molecule has 0 fully saturated rings. The molecule has 0 aromatic heterocycles. The highest BCUT2D eigenvalue weighted by Crippen LogP contribution is 2.43. The van der Waals surface area contributed by atoms with Crippen molar-refractivity contribution in [1.82, 2.24) is 10.0 Å². The molecule has 4 aromatic rings. The van der Waals surface area contributed by atoms with E-state index < -0.39 is 5.97 Å². The number of carbonyl (C=O) groups excluding carboxylic acids is 1. The number of amides is 1. The van der Waals surface area contributed by atoms with Crippen LogP contribution in [-0.2, 0) is 16.1 Å². The summed E-state index contributed by atoms with van der Waals surface area (Å²) in [5.41, 5.74) is 11.4. The van der Waals surface area contributed by atoms with Gasteiger partial charge in [0.2, 0.25) is 5.91 Å². The van der Waals surface area contributed by atoms with Crippen LogP contribution in [0.1, 0.15) is 87.7 Å². The molecule has 3 unspecified atom stereocenters. The van der Waals surface area contributed by atoms with Crippen molar-refractivity contribution in [1.29, 1.82) is 0 Å². The van der Waals surface area contributed by atoms with Crippen LogP contribution in [0.2, 0.25) is 0 Å². The Morgan fingerprint density at radius 2 is 1.33 bits per heavy atom. The topological polar surface area (TPSA) is 90.5 Å². The maximum atomic E-state index is 12.4. The average molecular weight is 674 g/mol. The van der Waals surface area contributed by atoms with Gasteiger partial charge in [-0.05, 0) is 109 Å². The molecule has 0 spiro atoms. The van der Waals surface area contributed by atoms with Gasteiger partial charge in [0.1, 0.15) is 0 Å². The van der Waals surface area contributed by atoms with Crippen molar-refractivity contribution in [3.05, 3.63) is 148 Å². The Bertz CT molecular complexity index is 1790. The number of rotatable bonds is 16. The van der Waals surface area contributed by atoms with Gasteiger partial charge in [0, 0.05) is 35.9 Å². The molecular weight excluding hydrogens is 627 g/mol. The summed E-state index contributed by atoms with van der Waals surface area (Å²) in [5, 5.41) is 15.7. The SMILES string of the molecule is CC1=C(C)C(C)C(c2ccccc2CNC(c2ccccc2)C(NSc2ccc(NC(=O)CCCCC(=O)O)cc2)c2ccccc2)=C1C. The number of nitrogens with one attached hydrogen (secondary N) is 3. The number of carboxylic acids is 1. The summed E-state index contributed by atoms with van der Waals surface area (Å²) in [7, 11) is 0. The lowest BCUT2D eigenvalue weighted by Crippen LogP contribution is -2.33. The Morgan fingerprint density at radius 1 is 0.735 bits per heavy atom. The summed E-state index contributed by atoms with van der Waals surface area (Å²) in [6.45, 7) is 9.78. The van der Waals surface area contributed by atoms with Gasteiger partial charge in [0.25, 0.3) is 0 Å². The Kier molecular flexibility index (Phi) is 12.7. The fourth-order valence-electron chi connectivity index (χ4n) is 6.56. The normalized spacial score (nSPS) is 15.7. The minimum absolute atomic E-state index is 0.0403. The van der Waals surface area contributed by atoms with Crippen LogP contribution in [-0.4, -0.2) is 17.0 Å². The number of carboxylic acid groups (broad SMARTS) is 1. The quantitative estimate of drug-likeness (QED) is 0.0699. The van der Waals surface area contributed by atoms with Crippen molar-refractivity contribution < 1.29 is 14.7 Å². The van der Waals surface area contributed by atoms with E-state index in [2.05, 4.69) is 122 Å². The van der Waals surface area contributed by atoms with Crippen LogP contribution in [0, 0.1) is 5.92 Å². The van der Waals surface area contributed by atoms with Gasteiger partial charge in [0.15, 0.2) is 0 Å². The van der Waals surface area contributed by atoms with Crippen LogP contribution in [0.3, 0.4) is 0 Å².